The minimum Gasteiger partial charge on any atom is -0.538 e. The van der Waals surface area contributed by atoms with Crippen LogP contribution in [-0.4, -0.2) is 21.4 Å². The number of para-hydroxylation sites is 1. The van der Waals surface area contributed by atoms with Crippen LogP contribution in [0.25, 0.3) is 5.69 Å². The fraction of sp³-hybridized carbons (Fsp3) is 0.211. The number of hydrogen-bond acceptors (Lipinski definition) is 7. The first-order valence-corrected chi connectivity index (χ1v) is 9.65. The second-order valence-corrected chi connectivity index (χ2v) is 7.36. The third-order valence-corrected chi connectivity index (χ3v) is 5.56. The molecule has 0 aliphatic carbocycles. The molecule has 0 aliphatic rings. The van der Waals surface area contributed by atoms with Crippen LogP contribution < -0.4 is 15.1 Å². The second kappa shape index (κ2) is 8.74. The monoisotopic (exact) mass is 414 g/mol. The number of aromatic nitrogens is 2. The summed E-state index contributed by atoms with van der Waals surface area (Å²) >= 11 is 1.06. The number of hydrogen-bond donors (Lipinski definition) is 1. The molecule has 0 saturated heterocycles. The van der Waals surface area contributed by atoms with Crippen LogP contribution in [-0.2, 0) is 4.79 Å². The van der Waals surface area contributed by atoms with Gasteiger partial charge in [0.1, 0.15) is 0 Å². The largest absolute Gasteiger partial charge is 0.538 e. The molecular weight excluding hydrogens is 396 g/mol. The van der Waals surface area contributed by atoms with Crippen LogP contribution in [0.15, 0.2) is 58.1 Å². The quantitative estimate of drug-likeness (QED) is 0.273. The van der Waals surface area contributed by atoms with Gasteiger partial charge in [0.2, 0.25) is 11.6 Å². The third kappa shape index (κ3) is 4.54. The molecule has 0 saturated carbocycles. The van der Waals surface area contributed by atoms with Crippen molar-refractivity contribution in [1.29, 1.82) is 0 Å². The Hall–Kier alpha value is -3.40. The molecule has 1 heterocycles. The number of aryl methyl sites for hydroxylation is 1. The molecule has 150 valence electrons. The molecule has 1 atom stereocenters. The molecule has 1 unspecified atom stereocenters. The molecule has 29 heavy (non-hydrogen) atoms. The highest BCUT2D eigenvalue weighted by Gasteiger charge is 2.28. The average molecular weight is 414 g/mol. The smallest absolute Gasteiger partial charge is 0.298 e. The molecule has 0 fully saturated rings. The summed E-state index contributed by atoms with van der Waals surface area (Å²) in [4.78, 5) is 23.1. The number of nitro benzene ring substituents is 1. The maximum absolute atomic E-state index is 12.8. The first kappa shape index (κ1) is 20.3. The number of benzene rings is 2. The van der Waals surface area contributed by atoms with Gasteiger partial charge in [-0.15, -0.1) is 0 Å². The van der Waals surface area contributed by atoms with Crippen molar-refractivity contribution in [3.8, 4) is 11.6 Å². The molecule has 1 aromatic heterocycles. The molecule has 0 aliphatic heterocycles. The molecule has 3 rings (SSSR count). The van der Waals surface area contributed by atoms with Gasteiger partial charge in [-0.25, -0.2) is 0 Å². The second-order valence-electron chi connectivity index (χ2n) is 6.17. The Balaban J connectivity index is 1.80. The summed E-state index contributed by atoms with van der Waals surface area (Å²) < 4.78 is 6.15. The summed E-state index contributed by atoms with van der Waals surface area (Å²) in [7, 11) is 0. The standard InChI is InChI=1S/C19H18N4O5S/c1-3-16(17(24)20-15-10-9-14(23(26)27)11-12(15)2)29-18-19(25)28-21-22(18)13-7-5-4-6-8-13/h4-11,16H,3H2,1-2H3,(H-,20,21,24,25). The molecule has 10 heteroatoms. The fourth-order valence-electron chi connectivity index (χ4n) is 2.64. The SMILES string of the molecule is CCC(Sc1c([O-])on[n+]1-c1ccccc1)C(=O)Nc1ccc([N+](=O)[O-])cc1C. The van der Waals surface area contributed by atoms with Crippen LogP contribution in [0.4, 0.5) is 11.4 Å². The number of carbonyl (C=O) groups is 1. The van der Waals surface area contributed by atoms with Crippen LogP contribution in [0.3, 0.4) is 0 Å². The average Bonchev–Trinajstić information content (AvgIpc) is 3.08. The van der Waals surface area contributed by atoms with Crippen LogP contribution in [0.2, 0.25) is 0 Å². The summed E-state index contributed by atoms with van der Waals surface area (Å²) in [6.07, 6.45) is 0.446. The van der Waals surface area contributed by atoms with Gasteiger partial charge in [0, 0.05) is 30.0 Å². The van der Waals surface area contributed by atoms with Crippen LogP contribution in [0, 0.1) is 17.0 Å². The summed E-state index contributed by atoms with van der Waals surface area (Å²) in [5.41, 5.74) is 1.64. The van der Waals surface area contributed by atoms with Crippen molar-refractivity contribution in [2.75, 3.05) is 5.32 Å². The molecular formula is C19H18N4O5S. The summed E-state index contributed by atoms with van der Waals surface area (Å²) in [5.74, 6) is -0.953. The van der Waals surface area contributed by atoms with E-state index >= 15 is 0 Å². The van der Waals surface area contributed by atoms with Crippen molar-refractivity contribution in [3.05, 3.63) is 64.2 Å². The van der Waals surface area contributed by atoms with Gasteiger partial charge in [-0.2, -0.15) is 0 Å². The molecule has 2 aromatic carbocycles. The van der Waals surface area contributed by atoms with E-state index in [-0.39, 0.29) is 16.6 Å². The normalized spacial score (nSPS) is 11.8. The van der Waals surface area contributed by atoms with Crippen molar-refractivity contribution < 1.29 is 24.0 Å². The number of rotatable bonds is 7. The molecule has 0 spiro atoms. The summed E-state index contributed by atoms with van der Waals surface area (Å²) in [5, 5.41) is 29.1. The summed E-state index contributed by atoms with van der Waals surface area (Å²) in [6, 6.07) is 13.2. The van der Waals surface area contributed by atoms with Gasteiger partial charge in [-0.1, -0.05) is 25.1 Å². The number of nitrogens with zero attached hydrogens (tertiary/aromatic N) is 3. The van der Waals surface area contributed by atoms with Gasteiger partial charge in [0.05, 0.1) is 15.4 Å². The van der Waals surface area contributed by atoms with E-state index in [0.717, 1.165) is 11.8 Å². The minimum atomic E-state index is -0.628. The molecule has 9 nitrogen and oxygen atoms in total. The van der Waals surface area contributed by atoms with Crippen molar-refractivity contribution in [2.45, 2.75) is 30.5 Å². The molecule has 0 radical (unpaired) electrons. The van der Waals surface area contributed by atoms with Crippen LogP contribution >= 0.6 is 11.8 Å². The number of anilines is 1. The predicted molar refractivity (Wildman–Crippen MR) is 104 cm³/mol. The van der Waals surface area contributed by atoms with Crippen molar-refractivity contribution in [1.82, 2.24) is 5.27 Å². The Morgan fingerprint density at radius 2 is 2.03 bits per heavy atom. The van der Waals surface area contributed by atoms with Gasteiger partial charge < -0.3 is 14.9 Å². The number of carbonyl (C=O) groups excluding carboxylic acids is 1. The lowest BCUT2D eigenvalue weighted by molar-refractivity contribution is -0.705. The van der Waals surface area contributed by atoms with E-state index in [2.05, 4.69) is 10.6 Å². The lowest BCUT2D eigenvalue weighted by Crippen LogP contribution is -2.36. The lowest BCUT2D eigenvalue weighted by Gasteiger charge is -2.14. The van der Waals surface area contributed by atoms with E-state index in [1.54, 1.807) is 31.2 Å². The number of thioether (sulfide) groups is 1. The maximum atomic E-state index is 12.8. The minimum absolute atomic E-state index is 0.0497. The number of nitro groups is 1. The number of nitrogens with one attached hydrogen (secondary N) is 1. The van der Waals surface area contributed by atoms with Gasteiger partial charge in [-0.05, 0) is 41.4 Å². The van der Waals surface area contributed by atoms with Crippen molar-refractivity contribution >= 4 is 29.0 Å². The van der Waals surface area contributed by atoms with Crippen LogP contribution in [0.1, 0.15) is 18.9 Å². The predicted octanol–water partition coefficient (Wildman–Crippen LogP) is 2.75. The van der Waals surface area contributed by atoms with Gasteiger partial charge >= 0.3 is 0 Å². The van der Waals surface area contributed by atoms with Crippen molar-refractivity contribution in [2.24, 2.45) is 0 Å². The molecule has 1 N–H and O–H groups in total. The topological polar surface area (TPSA) is 125 Å². The highest BCUT2D eigenvalue weighted by atomic mass is 32.2. The zero-order valence-electron chi connectivity index (χ0n) is 15.7. The number of amides is 1. The Labute approximate surface area is 170 Å². The first-order chi connectivity index (χ1) is 13.9. The zero-order valence-corrected chi connectivity index (χ0v) is 16.5. The van der Waals surface area contributed by atoms with E-state index in [0.29, 0.717) is 23.4 Å². The number of non-ortho nitro benzene ring substituents is 1. The van der Waals surface area contributed by atoms with E-state index in [1.807, 2.05) is 13.0 Å². The maximum Gasteiger partial charge on any atom is 0.298 e. The van der Waals surface area contributed by atoms with Gasteiger partial charge in [0.15, 0.2) is 5.95 Å². The summed E-state index contributed by atoms with van der Waals surface area (Å²) in [6.45, 7) is 3.50. The van der Waals surface area contributed by atoms with Crippen molar-refractivity contribution in [3.63, 3.8) is 0 Å². The van der Waals surface area contributed by atoms with E-state index in [9.17, 15) is 20.0 Å². The van der Waals surface area contributed by atoms with Gasteiger partial charge in [0.25, 0.3) is 10.7 Å². The molecule has 1 amide bonds. The Morgan fingerprint density at radius 3 is 2.66 bits per heavy atom. The fourth-order valence-corrected chi connectivity index (χ4v) is 3.62. The Bertz CT molecular complexity index is 1040. The molecule has 0 bridgehead atoms. The highest BCUT2D eigenvalue weighted by Crippen LogP contribution is 2.30. The van der Waals surface area contributed by atoms with Gasteiger partial charge in [-0.3, -0.25) is 14.9 Å². The van der Waals surface area contributed by atoms with E-state index in [1.165, 1.54) is 22.9 Å². The first-order valence-electron chi connectivity index (χ1n) is 8.77. The third-order valence-electron chi connectivity index (χ3n) is 4.17. The lowest BCUT2D eigenvalue weighted by atomic mass is 10.1. The van der Waals surface area contributed by atoms with E-state index in [4.69, 9.17) is 4.52 Å². The molecule has 3 aromatic rings. The Morgan fingerprint density at radius 1 is 1.31 bits per heavy atom. The zero-order chi connectivity index (χ0) is 21.0. The van der Waals surface area contributed by atoms with E-state index < -0.39 is 16.1 Å². The highest BCUT2D eigenvalue weighted by molar-refractivity contribution is 8.00. The Kier molecular flexibility index (Phi) is 6.13. The van der Waals surface area contributed by atoms with Crippen LogP contribution in [0.5, 0.6) is 5.95 Å².